The topological polar surface area (TPSA) is 45.2 Å². The first-order chi connectivity index (χ1) is 12.2. The third-order valence-corrected chi connectivity index (χ3v) is 8.28. The summed E-state index contributed by atoms with van der Waals surface area (Å²) in [6.07, 6.45) is 0.257. The Bertz CT molecular complexity index is 676. The van der Waals surface area contributed by atoms with Crippen LogP contribution in [0, 0.1) is 0 Å². The first kappa shape index (κ1) is 20.9. The molecule has 1 atom stereocenters. The molecule has 2 aliphatic heterocycles. The van der Waals surface area contributed by atoms with Crippen LogP contribution in [0.4, 0.5) is 0 Å². The summed E-state index contributed by atoms with van der Waals surface area (Å²) in [5.74, 6) is 1.40. The molecule has 2 heterocycles. The van der Waals surface area contributed by atoms with Crippen LogP contribution in [0.2, 0.25) is 0 Å². The maximum atomic E-state index is 10.4. The number of fused-ring (bicyclic) bond motifs is 1. The van der Waals surface area contributed by atoms with E-state index in [0.29, 0.717) is 12.3 Å². The fraction of sp³-hybridized carbons (Fsp3) is 0.667. The molecule has 0 radical (unpaired) electrons. The van der Waals surface area contributed by atoms with Crippen LogP contribution in [0.5, 0.6) is 11.5 Å². The largest absolute Gasteiger partial charge is 0.486 e. The highest BCUT2D eigenvalue weighted by molar-refractivity contribution is 9.14. The Morgan fingerprint density at radius 2 is 1.77 bits per heavy atom. The van der Waals surface area contributed by atoms with Gasteiger partial charge in [0.25, 0.3) is 0 Å². The van der Waals surface area contributed by atoms with Crippen molar-refractivity contribution < 1.29 is 14.6 Å². The van der Waals surface area contributed by atoms with Gasteiger partial charge in [-0.3, -0.25) is 4.90 Å². The van der Waals surface area contributed by atoms with Crippen molar-refractivity contribution in [2.75, 3.05) is 46.4 Å². The van der Waals surface area contributed by atoms with Gasteiger partial charge in [0, 0.05) is 49.2 Å². The molecule has 0 aromatic heterocycles. The minimum Gasteiger partial charge on any atom is -0.486 e. The van der Waals surface area contributed by atoms with Crippen LogP contribution in [-0.2, 0) is 6.42 Å². The van der Waals surface area contributed by atoms with E-state index in [2.05, 4.69) is 78.5 Å². The highest BCUT2D eigenvalue weighted by Crippen LogP contribution is 2.53. The smallest absolute Gasteiger partial charge is 0.177 e. The summed E-state index contributed by atoms with van der Waals surface area (Å²) < 4.78 is 14.8. The molecule has 146 valence electrons. The molecule has 1 saturated heterocycles. The lowest BCUT2D eigenvalue weighted by atomic mass is 10.0. The van der Waals surface area contributed by atoms with Crippen molar-refractivity contribution in [3.63, 3.8) is 0 Å². The lowest BCUT2D eigenvalue weighted by Crippen LogP contribution is -2.47. The molecule has 0 amide bonds. The third-order valence-electron chi connectivity index (χ3n) is 4.80. The molecule has 0 spiro atoms. The van der Waals surface area contributed by atoms with Gasteiger partial charge in [0.2, 0.25) is 0 Å². The van der Waals surface area contributed by atoms with Gasteiger partial charge in [0.05, 0.1) is 8.95 Å². The average Bonchev–Trinajstić information content (AvgIpc) is 2.90. The first-order valence-corrected chi connectivity index (χ1v) is 11.2. The van der Waals surface area contributed by atoms with Gasteiger partial charge in [-0.25, -0.2) is 0 Å². The molecule has 1 unspecified atom stereocenters. The molecule has 0 saturated carbocycles. The maximum Gasteiger partial charge on any atom is 0.177 e. The molecule has 26 heavy (non-hydrogen) atoms. The van der Waals surface area contributed by atoms with E-state index in [1.165, 1.54) is 0 Å². The van der Waals surface area contributed by atoms with E-state index in [0.717, 1.165) is 57.3 Å². The van der Waals surface area contributed by atoms with Crippen molar-refractivity contribution in [1.82, 2.24) is 9.80 Å². The standard InChI is InChI=1S/C18H25Br3N2O3/c1-18(2)8-12-13(19)14(20)15(21)17(16(12)26-18)25-10-11(24)9-23-6-4-22(3)5-7-23/h11,24H,4-10H2,1-3H3. The number of hydrogen-bond acceptors (Lipinski definition) is 5. The molecule has 5 nitrogen and oxygen atoms in total. The van der Waals surface area contributed by atoms with E-state index in [1.807, 2.05) is 0 Å². The Labute approximate surface area is 180 Å². The first-order valence-electron chi connectivity index (χ1n) is 8.78. The Balaban J connectivity index is 1.69. The van der Waals surface area contributed by atoms with E-state index < -0.39 is 6.10 Å². The molecule has 1 aromatic carbocycles. The molecule has 1 aromatic rings. The van der Waals surface area contributed by atoms with E-state index in [1.54, 1.807) is 0 Å². The fourth-order valence-corrected chi connectivity index (χ4v) is 5.06. The van der Waals surface area contributed by atoms with Gasteiger partial charge in [-0.05, 0) is 68.7 Å². The van der Waals surface area contributed by atoms with E-state index in [-0.39, 0.29) is 12.2 Å². The average molecular weight is 557 g/mol. The molecule has 3 rings (SSSR count). The lowest BCUT2D eigenvalue weighted by Gasteiger charge is -2.33. The van der Waals surface area contributed by atoms with E-state index in [4.69, 9.17) is 9.47 Å². The molecular formula is C18H25Br3N2O3. The number of aliphatic hydroxyl groups excluding tert-OH is 1. The van der Waals surface area contributed by atoms with Crippen molar-refractivity contribution in [3.05, 3.63) is 19.0 Å². The van der Waals surface area contributed by atoms with Crippen molar-refractivity contribution >= 4 is 47.8 Å². The number of ether oxygens (including phenoxy) is 2. The number of aliphatic hydroxyl groups is 1. The zero-order chi connectivity index (χ0) is 19.1. The van der Waals surface area contributed by atoms with Gasteiger partial charge < -0.3 is 19.5 Å². The second-order valence-corrected chi connectivity index (χ2v) is 10.1. The number of benzene rings is 1. The monoisotopic (exact) mass is 554 g/mol. The minimum atomic E-state index is -0.544. The van der Waals surface area contributed by atoms with Crippen molar-refractivity contribution in [2.45, 2.75) is 32.0 Å². The molecule has 1 fully saturated rings. The van der Waals surface area contributed by atoms with E-state index >= 15 is 0 Å². The third kappa shape index (κ3) is 4.58. The van der Waals surface area contributed by atoms with Gasteiger partial charge in [0.15, 0.2) is 11.5 Å². The molecule has 0 aliphatic carbocycles. The van der Waals surface area contributed by atoms with Crippen LogP contribution in [-0.4, -0.2) is 73.0 Å². The van der Waals surface area contributed by atoms with Gasteiger partial charge in [-0.1, -0.05) is 0 Å². The summed E-state index contributed by atoms with van der Waals surface area (Å²) in [4.78, 5) is 4.59. The number of halogens is 3. The van der Waals surface area contributed by atoms with Crippen LogP contribution in [0.25, 0.3) is 0 Å². The highest BCUT2D eigenvalue weighted by Gasteiger charge is 2.37. The summed E-state index contributed by atoms with van der Waals surface area (Å²) in [6.45, 7) is 9.01. The number of nitrogens with zero attached hydrogens (tertiary/aromatic N) is 2. The molecule has 2 aliphatic rings. The van der Waals surface area contributed by atoms with Crippen molar-refractivity contribution in [2.24, 2.45) is 0 Å². The number of hydrogen-bond donors (Lipinski definition) is 1. The summed E-state index contributed by atoms with van der Waals surface area (Å²) >= 11 is 10.9. The molecule has 8 heteroatoms. The summed E-state index contributed by atoms with van der Waals surface area (Å²) in [6, 6.07) is 0. The van der Waals surface area contributed by atoms with Crippen LogP contribution in [0.3, 0.4) is 0 Å². The zero-order valence-electron chi connectivity index (χ0n) is 15.3. The van der Waals surface area contributed by atoms with Crippen LogP contribution >= 0.6 is 47.8 Å². The second-order valence-electron chi connectivity index (χ2n) is 7.69. The van der Waals surface area contributed by atoms with Gasteiger partial charge in [-0.2, -0.15) is 0 Å². The maximum absolute atomic E-state index is 10.4. The Morgan fingerprint density at radius 1 is 1.12 bits per heavy atom. The fourth-order valence-electron chi connectivity index (χ4n) is 3.36. The quantitative estimate of drug-likeness (QED) is 0.561. The highest BCUT2D eigenvalue weighted by atomic mass is 79.9. The molecule has 0 bridgehead atoms. The van der Waals surface area contributed by atoms with Gasteiger partial charge >= 0.3 is 0 Å². The Hall–Kier alpha value is 0.140. The molecular weight excluding hydrogens is 532 g/mol. The summed E-state index contributed by atoms with van der Waals surface area (Å²) in [7, 11) is 2.13. The second kappa shape index (κ2) is 8.25. The SMILES string of the molecule is CN1CCN(CC(O)COc2c(Br)c(Br)c(Br)c3c2OC(C)(C)C3)CC1. The number of β-amino-alcohol motifs (C(OH)–C–C–N with tert-alkyl or cyclic N) is 1. The van der Waals surface area contributed by atoms with Gasteiger partial charge in [-0.15, -0.1) is 0 Å². The van der Waals surface area contributed by atoms with Crippen molar-refractivity contribution in [1.29, 1.82) is 0 Å². The van der Waals surface area contributed by atoms with Crippen LogP contribution < -0.4 is 9.47 Å². The van der Waals surface area contributed by atoms with Crippen LogP contribution in [0.1, 0.15) is 19.4 Å². The predicted molar refractivity (Wildman–Crippen MR) is 113 cm³/mol. The number of piperazine rings is 1. The normalized spacial score (nSPS) is 21.3. The Kier molecular flexibility index (Phi) is 6.62. The molecule has 1 N–H and O–H groups in total. The van der Waals surface area contributed by atoms with Crippen LogP contribution in [0.15, 0.2) is 13.4 Å². The Morgan fingerprint density at radius 3 is 2.42 bits per heavy atom. The van der Waals surface area contributed by atoms with Crippen molar-refractivity contribution in [3.8, 4) is 11.5 Å². The lowest BCUT2D eigenvalue weighted by molar-refractivity contribution is 0.0483. The summed E-state index contributed by atoms with van der Waals surface area (Å²) in [5, 5.41) is 10.4. The number of likely N-dealkylation sites (N-methyl/N-ethyl adjacent to an activating group) is 1. The summed E-state index contributed by atoms with van der Waals surface area (Å²) in [5.41, 5.74) is 0.815. The minimum absolute atomic E-state index is 0.231. The zero-order valence-corrected chi connectivity index (χ0v) is 20.1. The number of rotatable bonds is 5. The predicted octanol–water partition coefficient (Wildman–Crippen LogP) is 3.67. The van der Waals surface area contributed by atoms with Gasteiger partial charge in [0.1, 0.15) is 18.3 Å². The van der Waals surface area contributed by atoms with E-state index in [9.17, 15) is 5.11 Å².